The quantitative estimate of drug-likeness (QED) is 0.458. The zero-order chi connectivity index (χ0) is 23.1. The largest absolute Gasteiger partial charge is 0.493 e. The zero-order valence-corrected chi connectivity index (χ0v) is 19.4. The van der Waals surface area contributed by atoms with Crippen molar-refractivity contribution >= 4 is 22.1 Å². The SMILES string of the molecule is COc1cc(C=NNC(=O)c2cccc(S(=O)(=O)N3CCCC3)c2)ccc1OCC(C)C. The van der Waals surface area contributed by atoms with Crippen LogP contribution in [0.15, 0.2) is 52.5 Å². The molecule has 32 heavy (non-hydrogen) atoms. The molecule has 0 atom stereocenters. The van der Waals surface area contributed by atoms with E-state index < -0.39 is 15.9 Å². The molecule has 8 nitrogen and oxygen atoms in total. The molecule has 1 fully saturated rings. The van der Waals surface area contributed by atoms with Gasteiger partial charge in [0.15, 0.2) is 11.5 Å². The van der Waals surface area contributed by atoms with Crippen LogP contribution in [0, 0.1) is 5.92 Å². The van der Waals surface area contributed by atoms with Crippen LogP contribution >= 0.6 is 0 Å². The minimum atomic E-state index is -3.59. The van der Waals surface area contributed by atoms with Crippen LogP contribution in [0.1, 0.15) is 42.6 Å². The van der Waals surface area contributed by atoms with Gasteiger partial charge in [-0.05, 0) is 60.7 Å². The third-order valence-corrected chi connectivity index (χ3v) is 6.83. The molecule has 1 saturated heterocycles. The Morgan fingerprint density at radius 2 is 1.91 bits per heavy atom. The van der Waals surface area contributed by atoms with Crippen LogP contribution in [0.2, 0.25) is 0 Å². The van der Waals surface area contributed by atoms with Gasteiger partial charge >= 0.3 is 0 Å². The van der Waals surface area contributed by atoms with Crippen LogP contribution in [-0.2, 0) is 10.0 Å². The number of rotatable bonds is 9. The van der Waals surface area contributed by atoms with Crippen molar-refractivity contribution in [3.8, 4) is 11.5 Å². The predicted molar refractivity (Wildman–Crippen MR) is 123 cm³/mol. The molecule has 0 aromatic heterocycles. The van der Waals surface area contributed by atoms with Crippen molar-refractivity contribution in [3.63, 3.8) is 0 Å². The number of carbonyl (C=O) groups excluding carboxylic acids is 1. The minimum Gasteiger partial charge on any atom is -0.493 e. The summed E-state index contributed by atoms with van der Waals surface area (Å²) >= 11 is 0. The molecule has 1 heterocycles. The highest BCUT2D eigenvalue weighted by Crippen LogP contribution is 2.28. The number of methoxy groups -OCH3 is 1. The van der Waals surface area contributed by atoms with E-state index in [2.05, 4.69) is 24.4 Å². The van der Waals surface area contributed by atoms with Crippen LogP contribution < -0.4 is 14.9 Å². The summed E-state index contributed by atoms with van der Waals surface area (Å²) in [5, 5.41) is 3.99. The molecule has 0 saturated carbocycles. The highest BCUT2D eigenvalue weighted by Gasteiger charge is 2.27. The summed E-state index contributed by atoms with van der Waals surface area (Å²) in [4.78, 5) is 12.6. The van der Waals surface area contributed by atoms with Gasteiger partial charge in [0, 0.05) is 18.7 Å². The fourth-order valence-electron chi connectivity index (χ4n) is 3.25. The molecule has 172 valence electrons. The predicted octanol–water partition coefficient (Wildman–Crippen LogP) is 3.28. The normalized spacial score (nSPS) is 14.8. The molecule has 1 N–H and O–H groups in total. The summed E-state index contributed by atoms with van der Waals surface area (Å²) in [6.07, 6.45) is 3.19. The summed E-state index contributed by atoms with van der Waals surface area (Å²) in [6.45, 7) is 5.72. The second-order valence-corrected chi connectivity index (χ2v) is 9.89. The van der Waals surface area contributed by atoms with Gasteiger partial charge in [-0.15, -0.1) is 0 Å². The maximum atomic E-state index is 12.7. The van der Waals surface area contributed by atoms with Crippen LogP contribution in [-0.4, -0.2) is 51.7 Å². The van der Waals surface area contributed by atoms with Crippen LogP contribution in [0.4, 0.5) is 0 Å². The van der Waals surface area contributed by atoms with Crippen molar-refractivity contribution < 1.29 is 22.7 Å². The number of carbonyl (C=O) groups is 1. The highest BCUT2D eigenvalue weighted by molar-refractivity contribution is 7.89. The first-order chi connectivity index (χ1) is 15.3. The third kappa shape index (κ3) is 5.86. The van der Waals surface area contributed by atoms with Crippen LogP contribution in [0.3, 0.4) is 0 Å². The fourth-order valence-corrected chi connectivity index (χ4v) is 4.81. The van der Waals surface area contributed by atoms with Gasteiger partial charge in [-0.25, -0.2) is 13.8 Å². The molecule has 3 rings (SSSR count). The Labute approximate surface area is 189 Å². The van der Waals surface area contributed by atoms with E-state index in [1.807, 2.05) is 0 Å². The monoisotopic (exact) mass is 459 g/mol. The van der Waals surface area contributed by atoms with Gasteiger partial charge in [0.1, 0.15) is 0 Å². The van der Waals surface area contributed by atoms with E-state index in [1.54, 1.807) is 37.4 Å². The maximum absolute atomic E-state index is 12.7. The second kappa shape index (κ2) is 10.6. The number of ether oxygens (including phenoxy) is 2. The van der Waals surface area contributed by atoms with Crippen LogP contribution in [0.5, 0.6) is 11.5 Å². The van der Waals surface area contributed by atoms with E-state index in [9.17, 15) is 13.2 Å². The lowest BCUT2D eigenvalue weighted by molar-refractivity contribution is 0.0955. The van der Waals surface area contributed by atoms with Gasteiger partial charge in [-0.2, -0.15) is 9.41 Å². The summed E-state index contributed by atoms with van der Waals surface area (Å²) < 4.78 is 38.0. The van der Waals surface area contributed by atoms with Crippen molar-refractivity contribution in [2.45, 2.75) is 31.6 Å². The summed E-state index contributed by atoms with van der Waals surface area (Å²) in [5.41, 5.74) is 3.37. The van der Waals surface area contributed by atoms with Crippen molar-refractivity contribution in [1.29, 1.82) is 0 Å². The first-order valence-corrected chi connectivity index (χ1v) is 12.0. The zero-order valence-electron chi connectivity index (χ0n) is 18.6. The topological polar surface area (TPSA) is 97.3 Å². The van der Waals surface area contributed by atoms with E-state index in [4.69, 9.17) is 9.47 Å². The molecule has 1 amide bonds. The summed E-state index contributed by atoms with van der Waals surface area (Å²) in [5.74, 6) is 1.10. The lowest BCUT2D eigenvalue weighted by atomic mass is 10.2. The molecule has 0 bridgehead atoms. The Morgan fingerprint density at radius 1 is 1.16 bits per heavy atom. The van der Waals surface area contributed by atoms with E-state index in [0.717, 1.165) is 12.8 Å². The highest BCUT2D eigenvalue weighted by atomic mass is 32.2. The van der Waals surface area contributed by atoms with E-state index in [-0.39, 0.29) is 10.5 Å². The first-order valence-electron chi connectivity index (χ1n) is 10.6. The van der Waals surface area contributed by atoms with Crippen molar-refractivity contribution in [3.05, 3.63) is 53.6 Å². The number of amides is 1. The van der Waals surface area contributed by atoms with Gasteiger partial charge in [-0.1, -0.05) is 19.9 Å². The molecular formula is C23H29N3O5S. The van der Waals surface area contributed by atoms with Gasteiger partial charge in [0.2, 0.25) is 10.0 Å². The van der Waals surface area contributed by atoms with Gasteiger partial charge < -0.3 is 9.47 Å². The average molecular weight is 460 g/mol. The molecule has 1 aliphatic heterocycles. The molecule has 9 heteroatoms. The van der Waals surface area contributed by atoms with Crippen LogP contribution in [0.25, 0.3) is 0 Å². The number of sulfonamides is 1. The number of nitrogens with one attached hydrogen (secondary N) is 1. The standard InChI is InChI=1S/C23H29N3O5S/c1-17(2)16-31-21-10-9-18(13-22(21)30-3)15-24-25-23(27)19-7-6-8-20(14-19)32(28,29)26-11-4-5-12-26/h6-10,13-15,17H,4-5,11-12,16H2,1-3H3,(H,25,27). The Morgan fingerprint density at radius 3 is 2.59 bits per heavy atom. The Balaban J connectivity index is 1.67. The Hall–Kier alpha value is -2.91. The number of hydrogen-bond acceptors (Lipinski definition) is 6. The number of hydrazone groups is 1. The summed E-state index contributed by atoms with van der Waals surface area (Å²) in [7, 11) is -2.03. The van der Waals surface area contributed by atoms with Crippen molar-refractivity contribution in [1.82, 2.24) is 9.73 Å². The smallest absolute Gasteiger partial charge is 0.271 e. The van der Waals surface area contributed by atoms with E-state index in [0.29, 0.717) is 42.7 Å². The number of nitrogens with zero attached hydrogens (tertiary/aromatic N) is 2. The minimum absolute atomic E-state index is 0.109. The fraction of sp³-hybridized carbons (Fsp3) is 0.391. The number of benzene rings is 2. The molecular weight excluding hydrogens is 430 g/mol. The third-order valence-electron chi connectivity index (χ3n) is 4.94. The Bertz CT molecular complexity index is 1080. The molecule has 0 spiro atoms. The molecule has 2 aromatic carbocycles. The molecule has 0 radical (unpaired) electrons. The maximum Gasteiger partial charge on any atom is 0.271 e. The molecule has 2 aromatic rings. The molecule has 1 aliphatic rings. The summed E-state index contributed by atoms with van der Waals surface area (Å²) in [6, 6.07) is 11.3. The van der Waals surface area contributed by atoms with Crippen molar-refractivity contribution in [2.75, 3.05) is 26.8 Å². The number of hydrogen-bond donors (Lipinski definition) is 1. The van der Waals surface area contributed by atoms with Gasteiger partial charge in [0.05, 0.1) is 24.8 Å². The molecule has 0 unspecified atom stereocenters. The van der Waals surface area contributed by atoms with E-state index >= 15 is 0 Å². The van der Waals surface area contributed by atoms with E-state index in [1.165, 1.54) is 22.7 Å². The first kappa shape index (κ1) is 23.7. The average Bonchev–Trinajstić information content (AvgIpc) is 3.34. The van der Waals surface area contributed by atoms with Gasteiger partial charge in [0.25, 0.3) is 5.91 Å². The molecule has 0 aliphatic carbocycles. The Kier molecular flexibility index (Phi) is 7.87. The van der Waals surface area contributed by atoms with Gasteiger partial charge in [-0.3, -0.25) is 4.79 Å². The lowest BCUT2D eigenvalue weighted by Crippen LogP contribution is -2.28. The second-order valence-electron chi connectivity index (χ2n) is 7.95. The lowest BCUT2D eigenvalue weighted by Gasteiger charge is -2.15. The van der Waals surface area contributed by atoms with Crippen molar-refractivity contribution in [2.24, 2.45) is 11.0 Å².